The van der Waals surface area contributed by atoms with E-state index in [9.17, 15) is 13.2 Å². The standard InChI is InChI=1S/C14H15F3N2O/c1-2-13(6-3-7-18-13)12-19-10-8-9(14(15,16)17)4-5-11(10)20-12/h4-5,8,18H,2-3,6-7H2,1H3. The maximum atomic E-state index is 12.7. The highest BCUT2D eigenvalue weighted by molar-refractivity contribution is 5.73. The number of nitrogens with zero attached hydrogens (tertiary/aromatic N) is 1. The summed E-state index contributed by atoms with van der Waals surface area (Å²) in [5.74, 6) is 0.492. The quantitative estimate of drug-likeness (QED) is 0.910. The predicted octanol–water partition coefficient (Wildman–Crippen LogP) is 3.84. The molecule has 1 aromatic heterocycles. The number of rotatable bonds is 2. The lowest BCUT2D eigenvalue weighted by atomic mass is 9.94. The minimum atomic E-state index is -4.36. The third-order valence-electron chi connectivity index (χ3n) is 3.97. The maximum Gasteiger partial charge on any atom is 0.416 e. The summed E-state index contributed by atoms with van der Waals surface area (Å²) in [6.45, 7) is 2.90. The van der Waals surface area contributed by atoms with E-state index >= 15 is 0 Å². The van der Waals surface area contributed by atoms with Crippen molar-refractivity contribution in [2.75, 3.05) is 6.54 Å². The van der Waals surface area contributed by atoms with E-state index in [1.807, 2.05) is 6.92 Å². The largest absolute Gasteiger partial charge is 0.439 e. The van der Waals surface area contributed by atoms with Crippen LogP contribution in [0, 0.1) is 0 Å². The Morgan fingerprint density at radius 1 is 1.40 bits per heavy atom. The summed E-state index contributed by atoms with van der Waals surface area (Å²) in [4.78, 5) is 4.28. The van der Waals surface area contributed by atoms with Gasteiger partial charge in [-0.2, -0.15) is 13.2 Å². The molecule has 2 aromatic rings. The number of benzene rings is 1. The van der Waals surface area contributed by atoms with Gasteiger partial charge in [-0.05, 0) is 44.0 Å². The highest BCUT2D eigenvalue weighted by Crippen LogP contribution is 2.36. The van der Waals surface area contributed by atoms with Gasteiger partial charge < -0.3 is 9.73 Å². The van der Waals surface area contributed by atoms with Gasteiger partial charge in [-0.3, -0.25) is 0 Å². The first-order valence-electron chi connectivity index (χ1n) is 6.68. The summed E-state index contributed by atoms with van der Waals surface area (Å²) < 4.78 is 43.8. The Balaban J connectivity index is 2.07. The molecule has 108 valence electrons. The van der Waals surface area contributed by atoms with Crippen LogP contribution in [-0.4, -0.2) is 11.5 Å². The van der Waals surface area contributed by atoms with Crippen molar-refractivity contribution in [2.45, 2.75) is 37.9 Å². The number of halogens is 3. The molecule has 1 N–H and O–H groups in total. The second-order valence-corrected chi connectivity index (χ2v) is 5.17. The van der Waals surface area contributed by atoms with Crippen LogP contribution in [0.2, 0.25) is 0 Å². The van der Waals surface area contributed by atoms with Crippen molar-refractivity contribution < 1.29 is 17.6 Å². The zero-order valence-corrected chi connectivity index (χ0v) is 11.0. The number of aromatic nitrogens is 1. The second-order valence-electron chi connectivity index (χ2n) is 5.17. The molecule has 1 aliphatic rings. The molecular formula is C14H15F3N2O. The highest BCUT2D eigenvalue weighted by atomic mass is 19.4. The molecular weight excluding hydrogens is 269 g/mol. The normalized spacial score (nSPS) is 23.6. The molecule has 0 amide bonds. The number of hydrogen-bond donors (Lipinski definition) is 1. The van der Waals surface area contributed by atoms with Crippen molar-refractivity contribution >= 4 is 11.1 Å². The molecule has 3 rings (SSSR count). The van der Waals surface area contributed by atoms with Gasteiger partial charge in [0, 0.05) is 0 Å². The van der Waals surface area contributed by atoms with Crippen LogP contribution in [0.1, 0.15) is 37.6 Å². The van der Waals surface area contributed by atoms with Gasteiger partial charge in [-0.1, -0.05) is 6.92 Å². The van der Waals surface area contributed by atoms with Gasteiger partial charge in [0.1, 0.15) is 5.52 Å². The van der Waals surface area contributed by atoms with Crippen LogP contribution in [0.3, 0.4) is 0 Å². The molecule has 0 spiro atoms. The number of hydrogen-bond acceptors (Lipinski definition) is 3. The van der Waals surface area contributed by atoms with E-state index in [2.05, 4.69) is 10.3 Å². The summed E-state index contributed by atoms with van der Waals surface area (Å²) in [5.41, 5.74) is -0.377. The van der Waals surface area contributed by atoms with Crippen LogP contribution in [0.25, 0.3) is 11.1 Å². The van der Waals surface area contributed by atoms with Crippen molar-refractivity contribution in [3.8, 4) is 0 Å². The van der Waals surface area contributed by atoms with E-state index < -0.39 is 11.7 Å². The topological polar surface area (TPSA) is 38.1 Å². The lowest BCUT2D eigenvalue weighted by Gasteiger charge is -2.23. The fourth-order valence-corrected chi connectivity index (χ4v) is 2.75. The first-order chi connectivity index (χ1) is 9.44. The molecule has 0 bridgehead atoms. The first kappa shape index (κ1) is 13.4. The monoisotopic (exact) mass is 284 g/mol. The van der Waals surface area contributed by atoms with Gasteiger partial charge in [-0.15, -0.1) is 0 Å². The smallest absolute Gasteiger partial charge is 0.416 e. The maximum absolute atomic E-state index is 12.7. The molecule has 0 radical (unpaired) electrons. The Morgan fingerprint density at radius 2 is 2.20 bits per heavy atom. The molecule has 1 aliphatic heterocycles. The molecule has 6 heteroatoms. The Hall–Kier alpha value is -1.56. The Bertz CT molecular complexity index is 627. The summed E-state index contributed by atoms with van der Waals surface area (Å²) in [6.07, 6.45) is -1.66. The van der Waals surface area contributed by atoms with Crippen LogP contribution < -0.4 is 5.32 Å². The predicted molar refractivity (Wildman–Crippen MR) is 68.2 cm³/mol. The van der Waals surface area contributed by atoms with E-state index in [0.29, 0.717) is 11.5 Å². The fourth-order valence-electron chi connectivity index (χ4n) is 2.75. The minimum absolute atomic E-state index is 0.261. The van der Waals surface area contributed by atoms with Crippen molar-refractivity contribution in [3.63, 3.8) is 0 Å². The van der Waals surface area contributed by atoms with E-state index in [-0.39, 0.29) is 11.1 Å². The van der Waals surface area contributed by atoms with Crippen molar-refractivity contribution in [1.82, 2.24) is 10.3 Å². The number of alkyl halides is 3. The van der Waals surface area contributed by atoms with Gasteiger partial charge >= 0.3 is 6.18 Å². The first-order valence-corrected chi connectivity index (χ1v) is 6.68. The van der Waals surface area contributed by atoms with Gasteiger partial charge in [-0.25, -0.2) is 4.98 Å². The highest BCUT2D eigenvalue weighted by Gasteiger charge is 2.38. The Morgan fingerprint density at radius 3 is 2.80 bits per heavy atom. The van der Waals surface area contributed by atoms with Gasteiger partial charge in [0.15, 0.2) is 5.58 Å². The van der Waals surface area contributed by atoms with E-state index in [4.69, 9.17) is 4.42 Å². The summed E-state index contributed by atoms with van der Waals surface area (Å²) in [5, 5.41) is 3.36. The molecule has 1 fully saturated rings. The summed E-state index contributed by atoms with van der Waals surface area (Å²) in [6, 6.07) is 3.41. The number of nitrogens with one attached hydrogen (secondary N) is 1. The number of fused-ring (bicyclic) bond motifs is 1. The zero-order valence-electron chi connectivity index (χ0n) is 11.0. The molecule has 1 saturated heterocycles. The second kappa shape index (κ2) is 4.48. The van der Waals surface area contributed by atoms with Gasteiger partial charge in [0.05, 0.1) is 11.1 Å². The number of oxazole rings is 1. The lowest BCUT2D eigenvalue weighted by molar-refractivity contribution is -0.137. The average Bonchev–Trinajstić information content (AvgIpc) is 3.04. The van der Waals surface area contributed by atoms with Crippen molar-refractivity contribution in [3.05, 3.63) is 29.7 Å². The van der Waals surface area contributed by atoms with E-state index in [1.165, 1.54) is 6.07 Å². The van der Waals surface area contributed by atoms with Crippen LogP contribution in [0.5, 0.6) is 0 Å². The average molecular weight is 284 g/mol. The molecule has 1 aromatic carbocycles. The molecule has 0 saturated carbocycles. The van der Waals surface area contributed by atoms with Crippen LogP contribution >= 0.6 is 0 Å². The van der Waals surface area contributed by atoms with Gasteiger partial charge in [0.25, 0.3) is 0 Å². The Labute approximate surface area is 114 Å². The third-order valence-corrected chi connectivity index (χ3v) is 3.97. The lowest BCUT2D eigenvalue weighted by Crippen LogP contribution is -2.36. The zero-order chi connectivity index (χ0) is 14.4. The summed E-state index contributed by atoms with van der Waals surface area (Å²) in [7, 11) is 0. The Kier molecular flexibility index (Phi) is 3.01. The van der Waals surface area contributed by atoms with E-state index in [0.717, 1.165) is 37.9 Å². The molecule has 2 heterocycles. The minimum Gasteiger partial charge on any atom is -0.439 e. The third kappa shape index (κ3) is 2.08. The molecule has 3 nitrogen and oxygen atoms in total. The van der Waals surface area contributed by atoms with Gasteiger partial charge in [0.2, 0.25) is 5.89 Å². The van der Waals surface area contributed by atoms with Crippen LogP contribution in [-0.2, 0) is 11.7 Å². The molecule has 20 heavy (non-hydrogen) atoms. The van der Waals surface area contributed by atoms with Crippen LogP contribution in [0.15, 0.2) is 22.6 Å². The summed E-state index contributed by atoms with van der Waals surface area (Å²) >= 11 is 0. The fraction of sp³-hybridized carbons (Fsp3) is 0.500. The SMILES string of the molecule is CCC1(c2nc3cc(C(F)(F)F)ccc3o2)CCCN1. The van der Waals surface area contributed by atoms with Crippen molar-refractivity contribution in [1.29, 1.82) is 0 Å². The molecule has 1 atom stereocenters. The van der Waals surface area contributed by atoms with E-state index in [1.54, 1.807) is 0 Å². The van der Waals surface area contributed by atoms with Crippen molar-refractivity contribution in [2.24, 2.45) is 0 Å². The molecule has 1 unspecified atom stereocenters. The van der Waals surface area contributed by atoms with Crippen LogP contribution in [0.4, 0.5) is 13.2 Å². The molecule has 0 aliphatic carbocycles.